The molecular weight excluding hydrogens is 576 g/mol. The first-order valence-corrected chi connectivity index (χ1v) is 14.2. The first-order valence-electron chi connectivity index (χ1n) is 13.4. The van der Waals surface area contributed by atoms with Gasteiger partial charge in [-0.15, -0.1) is 23.2 Å². The molecule has 0 saturated carbocycles. The summed E-state index contributed by atoms with van der Waals surface area (Å²) < 4.78 is 39.6. The minimum atomic E-state index is -4.58. The molecule has 0 radical (unpaired) electrons. The van der Waals surface area contributed by atoms with Gasteiger partial charge in [0.05, 0.1) is 23.1 Å². The van der Waals surface area contributed by atoms with Crippen molar-refractivity contribution >= 4 is 46.6 Å². The van der Waals surface area contributed by atoms with Crippen LogP contribution in [0.15, 0.2) is 72.8 Å². The molecule has 0 spiro atoms. The van der Waals surface area contributed by atoms with E-state index in [-0.39, 0.29) is 30.5 Å². The maximum atomic E-state index is 13.8. The zero-order valence-electron chi connectivity index (χ0n) is 21.7. The van der Waals surface area contributed by atoms with Crippen molar-refractivity contribution in [2.75, 3.05) is 11.9 Å². The minimum Gasteiger partial charge on any atom is -0.326 e. The Hall–Kier alpha value is -3.36. The number of nitrogens with one attached hydrogen (secondary N) is 1. The fourth-order valence-electron chi connectivity index (χ4n) is 6.73. The number of para-hydroxylation sites is 1. The van der Waals surface area contributed by atoms with Crippen LogP contribution in [0.25, 0.3) is 0 Å². The highest BCUT2D eigenvalue weighted by Gasteiger charge is 2.72. The third-order valence-corrected chi connectivity index (χ3v) is 9.75. The van der Waals surface area contributed by atoms with Crippen LogP contribution < -0.4 is 5.32 Å². The van der Waals surface area contributed by atoms with Crippen molar-refractivity contribution in [2.45, 2.75) is 41.6 Å². The van der Waals surface area contributed by atoms with Crippen LogP contribution in [-0.4, -0.2) is 29.2 Å². The quantitative estimate of drug-likeness (QED) is 0.184. The maximum Gasteiger partial charge on any atom is 0.418 e. The van der Waals surface area contributed by atoms with Crippen molar-refractivity contribution < 1.29 is 27.6 Å². The van der Waals surface area contributed by atoms with E-state index in [1.54, 1.807) is 0 Å². The predicted molar refractivity (Wildman–Crippen MR) is 148 cm³/mol. The number of imide groups is 1. The lowest BCUT2D eigenvalue weighted by molar-refractivity contribution is -0.140. The molecule has 1 fully saturated rings. The lowest BCUT2D eigenvalue weighted by atomic mass is 9.54. The average Bonchev–Trinajstić information content (AvgIpc) is 3.21. The highest BCUT2D eigenvalue weighted by atomic mass is 35.5. The number of hydrogen-bond donors (Lipinski definition) is 1. The van der Waals surface area contributed by atoms with E-state index in [9.17, 15) is 27.6 Å². The van der Waals surface area contributed by atoms with Crippen LogP contribution in [0.4, 0.5) is 18.9 Å². The molecule has 2 atom stereocenters. The highest BCUT2D eigenvalue weighted by Crippen LogP contribution is 2.69. The van der Waals surface area contributed by atoms with Crippen molar-refractivity contribution in [1.29, 1.82) is 0 Å². The zero-order valence-corrected chi connectivity index (χ0v) is 23.2. The number of anilines is 1. The average molecular weight is 601 g/mol. The van der Waals surface area contributed by atoms with Gasteiger partial charge in [-0.05, 0) is 47.2 Å². The molecule has 1 aliphatic heterocycles. The van der Waals surface area contributed by atoms with Gasteiger partial charge in [0.2, 0.25) is 17.7 Å². The summed E-state index contributed by atoms with van der Waals surface area (Å²) in [6.07, 6.45) is -3.30. The summed E-state index contributed by atoms with van der Waals surface area (Å²) in [6, 6.07) is 19.6. The Bertz CT molecular complexity index is 1450. The number of hydrogen-bond acceptors (Lipinski definition) is 3. The third kappa shape index (κ3) is 4.09. The predicted octanol–water partition coefficient (Wildman–Crippen LogP) is 6.80. The largest absolute Gasteiger partial charge is 0.418 e. The van der Waals surface area contributed by atoms with Crippen LogP contribution in [0.3, 0.4) is 0 Å². The number of halogens is 5. The Morgan fingerprint density at radius 2 is 1.22 bits per heavy atom. The number of carbonyl (C=O) groups is 3. The number of benzene rings is 3. The molecule has 2 bridgehead atoms. The standard InChI is InChI=1S/C31H25Cl2F3N2O3/c32-29-18-10-3-4-11-19(18)30(33,21-13-6-5-12-20(21)29)26-25(29)27(40)38(28(26)41)17-9-1-2-16-24(39)37-23-15-8-7-14-22(23)31(34,35)36/h3-8,10-15,25-26H,1-2,9,16-17H2,(H,37,39)/t25-,26-,29?,30?/m1/s1. The van der Waals surface area contributed by atoms with Crippen molar-refractivity contribution in [3.05, 3.63) is 101 Å². The topological polar surface area (TPSA) is 66.5 Å². The molecule has 5 nitrogen and oxygen atoms in total. The van der Waals surface area contributed by atoms with Gasteiger partial charge in [-0.25, -0.2) is 0 Å². The fourth-order valence-corrected chi connectivity index (χ4v) is 7.83. The van der Waals surface area contributed by atoms with Crippen LogP contribution in [-0.2, 0) is 30.3 Å². The SMILES string of the molecule is O=C(CCCCCN1C(=O)[C@H]2[C@H](C1=O)C1(Cl)c3ccccc3C2(Cl)c2ccccc21)Nc1ccccc1C(F)(F)F. The molecule has 1 saturated heterocycles. The smallest absolute Gasteiger partial charge is 0.326 e. The Morgan fingerprint density at radius 3 is 1.71 bits per heavy atom. The van der Waals surface area contributed by atoms with E-state index >= 15 is 0 Å². The zero-order chi connectivity index (χ0) is 29.2. The summed E-state index contributed by atoms with van der Waals surface area (Å²) in [4.78, 5) is 38.7. The van der Waals surface area contributed by atoms with Gasteiger partial charge in [-0.2, -0.15) is 13.2 Å². The Labute approximate surface area is 244 Å². The maximum absolute atomic E-state index is 13.8. The normalized spacial score (nSPS) is 26.0. The van der Waals surface area contributed by atoms with Gasteiger partial charge in [0.15, 0.2) is 0 Å². The molecule has 1 N–H and O–H groups in total. The first kappa shape index (κ1) is 27.8. The van der Waals surface area contributed by atoms with Gasteiger partial charge in [0, 0.05) is 13.0 Å². The van der Waals surface area contributed by atoms with Gasteiger partial charge in [0.1, 0.15) is 9.75 Å². The molecule has 0 unspecified atom stereocenters. The first-order chi connectivity index (χ1) is 19.5. The van der Waals surface area contributed by atoms with Crippen LogP contribution in [0.5, 0.6) is 0 Å². The van der Waals surface area contributed by atoms with E-state index in [0.29, 0.717) is 19.3 Å². The lowest BCUT2D eigenvalue weighted by Crippen LogP contribution is -2.57. The highest BCUT2D eigenvalue weighted by molar-refractivity contribution is 6.36. The van der Waals surface area contributed by atoms with Gasteiger partial charge in [-0.3, -0.25) is 19.3 Å². The molecule has 212 valence electrons. The Balaban J connectivity index is 1.14. The van der Waals surface area contributed by atoms with E-state index < -0.39 is 39.2 Å². The monoisotopic (exact) mass is 600 g/mol. The molecule has 0 aromatic heterocycles. The second-order valence-corrected chi connectivity index (χ2v) is 11.9. The number of rotatable bonds is 7. The fraction of sp³-hybridized carbons (Fsp3) is 0.323. The summed E-state index contributed by atoms with van der Waals surface area (Å²) >= 11 is 14.8. The molecule has 10 heteroatoms. The van der Waals surface area contributed by atoms with Crippen molar-refractivity contribution in [3.8, 4) is 0 Å². The Morgan fingerprint density at radius 1 is 0.756 bits per heavy atom. The molecule has 3 aromatic rings. The molecule has 3 aliphatic carbocycles. The molecule has 1 heterocycles. The van der Waals surface area contributed by atoms with E-state index in [0.717, 1.165) is 28.3 Å². The summed E-state index contributed by atoms with van der Waals surface area (Å²) in [5.41, 5.74) is 1.74. The van der Waals surface area contributed by atoms with E-state index in [2.05, 4.69) is 5.32 Å². The summed E-state index contributed by atoms with van der Waals surface area (Å²) in [7, 11) is 0. The second-order valence-electron chi connectivity index (χ2n) is 10.7. The second kappa shape index (κ2) is 9.88. The summed E-state index contributed by atoms with van der Waals surface area (Å²) in [5.74, 6) is -3.01. The molecular formula is C31H25Cl2F3N2O3. The molecule has 4 aliphatic rings. The third-order valence-electron chi connectivity index (χ3n) is 8.47. The van der Waals surface area contributed by atoms with E-state index in [1.807, 2.05) is 48.5 Å². The van der Waals surface area contributed by atoms with Crippen LogP contribution in [0.2, 0.25) is 0 Å². The number of nitrogens with zero attached hydrogens (tertiary/aromatic N) is 1. The van der Waals surface area contributed by atoms with Crippen LogP contribution in [0.1, 0.15) is 53.5 Å². The number of alkyl halides is 5. The minimum absolute atomic E-state index is 0.000461. The van der Waals surface area contributed by atoms with Crippen LogP contribution >= 0.6 is 23.2 Å². The Kier molecular flexibility index (Phi) is 6.70. The van der Waals surface area contributed by atoms with E-state index in [1.165, 1.54) is 23.1 Å². The number of unbranched alkanes of at least 4 members (excludes halogenated alkanes) is 2. The van der Waals surface area contributed by atoms with Crippen molar-refractivity contribution in [1.82, 2.24) is 4.90 Å². The van der Waals surface area contributed by atoms with Gasteiger partial charge in [-0.1, -0.05) is 67.1 Å². The summed E-state index contributed by atoms with van der Waals surface area (Å²) in [5, 5.41) is 2.33. The number of likely N-dealkylation sites (tertiary alicyclic amines) is 1. The molecule has 41 heavy (non-hydrogen) atoms. The lowest BCUT2D eigenvalue weighted by Gasteiger charge is -2.54. The molecule has 7 rings (SSSR count). The van der Waals surface area contributed by atoms with Crippen molar-refractivity contribution in [2.24, 2.45) is 11.8 Å². The van der Waals surface area contributed by atoms with Gasteiger partial charge < -0.3 is 5.32 Å². The van der Waals surface area contributed by atoms with E-state index in [4.69, 9.17) is 23.2 Å². The number of amides is 3. The van der Waals surface area contributed by atoms with Crippen LogP contribution in [0, 0.1) is 11.8 Å². The molecule has 3 aromatic carbocycles. The van der Waals surface area contributed by atoms with Gasteiger partial charge >= 0.3 is 6.18 Å². The summed E-state index contributed by atoms with van der Waals surface area (Å²) in [6.45, 7) is 0.135. The number of carbonyl (C=O) groups excluding carboxylic acids is 3. The van der Waals surface area contributed by atoms with Gasteiger partial charge in [0.25, 0.3) is 0 Å². The van der Waals surface area contributed by atoms with Crippen molar-refractivity contribution in [3.63, 3.8) is 0 Å². The molecule has 3 amide bonds.